The summed E-state index contributed by atoms with van der Waals surface area (Å²) in [7, 11) is 2.17. The summed E-state index contributed by atoms with van der Waals surface area (Å²) in [6, 6.07) is 17.8. The minimum Gasteiger partial charge on any atom is -0.484 e. The molecule has 1 aliphatic rings. The molecule has 2 aromatic carbocycles. The number of carbonyl (C=O) groups is 1. The van der Waals surface area contributed by atoms with Gasteiger partial charge in [0.15, 0.2) is 6.61 Å². The number of carbonyl (C=O) groups excluding carboxylic acids is 1. The van der Waals surface area contributed by atoms with E-state index in [9.17, 15) is 4.79 Å². The van der Waals surface area contributed by atoms with E-state index in [1.54, 1.807) is 24.3 Å². The average molecular weight is 377 g/mol. The third-order valence-electron chi connectivity index (χ3n) is 5.31. The first-order chi connectivity index (χ1) is 13.7. The molecule has 1 fully saturated rings. The normalized spacial score (nSPS) is 14.1. The molecule has 5 heteroatoms. The van der Waals surface area contributed by atoms with E-state index in [1.807, 2.05) is 6.07 Å². The number of nitrogens with zero attached hydrogens (tertiary/aromatic N) is 2. The van der Waals surface area contributed by atoms with Gasteiger partial charge in [0.2, 0.25) is 0 Å². The maximum absolute atomic E-state index is 12.0. The molecule has 1 aliphatic carbocycles. The lowest BCUT2D eigenvalue weighted by Crippen LogP contribution is -2.33. The number of anilines is 1. The van der Waals surface area contributed by atoms with Crippen LogP contribution in [-0.2, 0) is 11.3 Å². The first kappa shape index (κ1) is 19.8. The van der Waals surface area contributed by atoms with E-state index in [0.717, 1.165) is 5.56 Å². The quantitative estimate of drug-likeness (QED) is 0.791. The van der Waals surface area contributed by atoms with Gasteiger partial charge in [-0.2, -0.15) is 5.26 Å². The Bertz CT molecular complexity index is 803. The number of hydrogen-bond donors (Lipinski definition) is 1. The number of nitriles is 1. The van der Waals surface area contributed by atoms with Crippen LogP contribution < -0.4 is 15.0 Å². The van der Waals surface area contributed by atoms with Crippen LogP contribution in [0.15, 0.2) is 48.5 Å². The molecule has 0 heterocycles. The monoisotopic (exact) mass is 377 g/mol. The Balaban J connectivity index is 1.43. The number of hydrogen-bond acceptors (Lipinski definition) is 4. The zero-order chi connectivity index (χ0) is 19.8. The summed E-state index contributed by atoms with van der Waals surface area (Å²) in [5.74, 6) is 0.400. The summed E-state index contributed by atoms with van der Waals surface area (Å²) in [5, 5.41) is 11.7. The summed E-state index contributed by atoms with van der Waals surface area (Å²) in [6.45, 7) is 0.428. The molecule has 1 amide bonds. The molecule has 0 aromatic heterocycles. The Labute approximate surface area is 166 Å². The van der Waals surface area contributed by atoms with Gasteiger partial charge in [0.05, 0.1) is 11.6 Å². The van der Waals surface area contributed by atoms with Crippen molar-refractivity contribution >= 4 is 11.6 Å². The predicted molar refractivity (Wildman–Crippen MR) is 110 cm³/mol. The van der Waals surface area contributed by atoms with Gasteiger partial charge >= 0.3 is 0 Å². The standard InChI is InChI=1S/C23H27N3O2/c1-26(20-5-3-2-4-6-20)21-11-7-19(8-12-21)16-25-23(27)17-28-22-13-9-18(15-24)10-14-22/h7-14,20H,2-6,16-17H2,1H3,(H,25,27). The molecule has 5 nitrogen and oxygen atoms in total. The molecule has 0 radical (unpaired) electrons. The van der Waals surface area contributed by atoms with Crippen molar-refractivity contribution in [1.82, 2.24) is 5.32 Å². The van der Waals surface area contributed by atoms with Gasteiger partial charge in [-0.1, -0.05) is 31.4 Å². The zero-order valence-electron chi connectivity index (χ0n) is 16.4. The highest BCUT2D eigenvalue weighted by atomic mass is 16.5. The summed E-state index contributed by atoms with van der Waals surface area (Å²) >= 11 is 0. The van der Waals surface area contributed by atoms with Crippen molar-refractivity contribution < 1.29 is 9.53 Å². The maximum atomic E-state index is 12.0. The molecule has 28 heavy (non-hydrogen) atoms. The molecule has 0 saturated heterocycles. The minimum atomic E-state index is -0.173. The van der Waals surface area contributed by atoms with Crippen molar-refractivity contribution in [3.63, 3.8) is 0 Å². The topological polar surface area (TPSA) is 65.4 Å². The van der Waals surface area contributed by atoms with Gasteiger partial charge in [-0.15, -0.1) is 0 Å². The lowest BCUT2D eigenvalue weighted by Gasteiger charge is -2.33. The second-order valence-electron chi connectivity index (χ2n) is 7.27. The van der Waals surface area contributed by atoms with E-state index >= 15 is 0 Å². The van der Waals surface area contributed by atoms with Crippen LogP contribution in [-0.4, -0.2) is 25.6 Å². The van der Waals surface area contributed by atoms with Crippen molar-refractivity contribution in [2.45, 2.75) is 44.7 Å². The van der Waals surface area contributed by atoms with Gasteiger partial charge < -0.3 is 15.0 Å². The Hall–Kier alpha value is -3.00. The van der Waals surface area contributed by atoms with Crippen molar-refractivity contribution in [3.8, 4) is 11.8 Å². The van der Waals surface area contributed by atoms with Gasteiger partial charge in [-0.3, -0.25) is 4.79 Å². The van der Waals surface area contributed by atoms with Crippen molar-refractivity contribution in [3.05, 3.63) is 59.7 Å². The van der Waals surface area contributed by atoms with Crippen LogP contribution in [0, 0.1) is 11.3 Å². The fourth-order valence-electron chi connectivity index (χ4n) is 3.55. The van der Waals surface area contributed by atoms with E-state index in [0.29, 0.717) is 23.9 Å². The highest BCUT2D eigenvalue weighted by Crippen LogP contribution is 2.26. The summed E-state index contributed by atoms with van der Waals surface area (Å²) < 4.78 is 5.45. The van der Waals surface area contributed by atoms with Gasteiger partial charge in [0.25, 0.3) is 5.91 Å². The second kappa shape index (κ2) is 9.80. The molecular weight excluding hydrogens is 350 g/mol. The van der Waals surface area contributed by atoms with E-state index in [1.165, 1.54) is 37.8 Å². The van der Waals surface area contributed by atoms with E-state index in [-0.39, 0.29) is 12.5 Å². The number of ether oxygens (including phenoxy) is 1. The average Bonchev–Trinajstić information content (AvgIpc) is 2.77. The Kier molecular flexibility index (Phi) is 6.91. The van der Waals surface area contributed by atoms with E-state index in [2.05, 4.69) is 41.5 Å². The molecule has 0 aliphatic heterocycles. The maximum Gasteiger partial charge on any atom is 0.258 e. The SMILES string of the molecule is CN(c1ccc(CNC(=O)COc2ccc(C#N)cc2)cc1)C1CCCCC1. The largest absolute Gasteiger partial charge is 0.484 e. The Morgan fingerprint density at radius 2 is 1.79 bits per heavy atom. The van der Waals surface area contributed by atoms with Gasteiger partial charge in [-0.25, -0.2) is 0 Å². The molecule has 3 rings (SSSR count). The first-order valence-electron chi connectivity index (χ1n) is 9.87. The number of benzene rings is 2. The van der Waals surface area contributed by atoms with Crippen LogP contribution in [0.3, 0.4) is 0 Å². The molecular formula is C23H27N3O2. The molecule has 0 atom stereocenters. The summed E-state index contributed by atoms with van der Waals surface area (Å²) in [6.07, 6.45) is 6.55. The van der Waals surface area contributed by atoms with Crippen molar-refractivity contribution in [2.24, 2.45) is 0 Å². The fourth-order valence-corrected chi connectivity index (χ4v) is 3.55. The second-order valence-corrected chi connectivity index (χ2v) is 7.27. The smallest absolute Gasteiger partial charge is 0.258 e. The molecule has 1 N–H and O–H groups in total. The van der Waals surface area contributed by atoms with E-state index < -0.39 is 0 Å². The van der Waals surface area contributed by atoms with Crippen LogP contribution >= 0.6 is 0 Å². The third-order valence-corrected chi connectivity index (χ3v) is 5.31. The molecule has 0 unspecified atom stereocenters. The van der Waals surface area contributed by atoms with E-state index in [4.69, 9.17) is 10.00 Å². The van der Waals surface area contributed by atoms with Crippen LogP contribution in [0.1, 0.15) is 43.2 Å². The number of nitrogens with one attached hydrogen (secondary N) is 1. The van der Waals surface area contributed by atoms with Gasteiger partial charge in [-0.05, 0) is 54.8 Å². The fraction of sp³-hybridized carbons (Fsp3) is 0.391. The highest BCUT2D eigenvalue weighted by molar-refractivity contribution is 5.77. The van der Waals surface area contributed by atoms with Crippen LogP contribution in [0.2, 0.25) is 0 Å². The third kappa shape index (κ3) is 5.50. The molecule has 0 bridgehead atoms. The summed E-state index contributed by atoms with van der Waals surface area (Å²) in [5.41, 5.74) is 2.85. The first-order valence-corrected chi connectivity index (χ1v) is 9.87. The predicted octanol–water partition coefficient (Wildman–Crippen LogP) is 4.02. The lowest BCUT2D eigenvalue weighted by molar-refractivity contribution is -0.123. The van der Waals surface area contributed by atoms with Gasteiger partial charge in [0.1, 0.15) is 5.75 Å². The minimum absolute atomic E-state index is 0.0472. The highest BCUT2D eigenvalue weighted by Gasteiger charge is 2.18. The number of amides is 1. The van der Waals surface area contributed by atoms with Gasteiger partial charge in [0, 0.05) is 25.3 Å². The van der Waals surface area contributed by atoms with Crippen LogP contribution in [0.25, 0.3) is 0 Å². The molecule has 1 saturated carbocycles. The lowest BCUT2D eigenvalue weighted by atomic mass is 9.94. The Morgan fingerprint density at radius 3 is 2.43 bits per heavy atom. The Morgan fingerprint density at radius 1 is 1.11 bits per heavy atom. The molecule has 0 spiro atoms. The summed E-state index contributed by atoms with van der Waals surface area (Å²) in [4.78, 5) is 14.4. The van der Waals surface area contributed by atoms with Crippen LogP contribution in [0.4, 0.5) is 5.69 Å². The molecule has 146 valence electrons. The van der Waals surface area contributed by atoms with Crippen molar-refractivity contribution in [1.29, 1.82) is 5.26 Å². The zero-order valence-corrected chi connectivity index (χ0v) is 16.4. The van der Waals surface area contributed by atoms with Crippen LogP contribution in [0.5, 0.6) is 5.75 Å². The number of rotatable bonds is 7. The molecule has 2 aromatic rings. The van der Waals surface area contributed by atoms with Crippen molar-refractivity contribution in [2.75, 3.05) is 18.6 Å².